The molecule has 1 aromatic heterocycles. The second kappa shape index (κ2) is 2.77. The molecule has 0 unspecified atom stereocenters. The van der Waals surface area contributed by atoms with Crippen molar-refractivity contribution in [2.45, 2.75) is 26.2 Å². The van der Waals surface area contributed by atoms with E-state index in [1.54, 1.807) is 0 Å². The average Bonchev–Trinajstić information content (AvgIpc) is 2.29. The molecule has 4 heteroatoms. The lowest BCUT2D eigenvalue weighted by molar-refractivity contribution is 0.279. The van der Waals surface area contributed by atoms with Gasteiger partial charge in [0.15, 0.2) is 0 Å². The molecule has 68 valence electrons. The molecule has 0 aliphatic heterocycles. The summed E-state index contributed by atoms with van der Waals surface area (Å²) in [6, 6.07) is -0.762. The van der Waals surface area contributed by atoms with Gasteiger partial charge >= 0.3 is 6.01 Å². The molecule has 1 heterocycles. The van der Waals surface area contributed by atoms with Gasteiger partial charge in [-0.2, -0.15) is 9.37 Å². The van der Waals surface area contributed by atoms with Crippen LogP contribution in [0.2, 0.25) is 0 Å². The predicted molar refractivity (Wildman–Crippen MR) is 41.7 cm³/mol. The second-order valence-electron chi connectivity index (χ2n) is 3.55. The van der Waals surface area contributed by atoms with Gasteiger partial charge in [-0.3, -0.25) is 0 Å². The van der Waals surface area contributed by atoms with Crippen LogP contribution in [0.4, 0.5) is 4.39 Å². The summed E-state index contributed by atoms with van der Waals surface area (Å²) in [5.74, 6) is 0.261. The van der Waals surface area contributed by atoms with Gasteiger partial charge in [-0.05, 0) is 0 Å². The maximum Gasteiger partial charge on any atom is 0.342 e. The van der Waals surface area contributed by atoms with E-state index in [0.717, 1.165) is 0 Å². The van der Waals surface area contributed by atoms with Crippen LogP contribution in [0.3, 0.4) is 0 Å². The Bertz CT molecular complexity index is 275. The van der Waals surface area contributed by atoms with Crippen molar-refractivity contribution in [1.29, 1.82) is 0 Å². The molecule has 0 spiro atoms. The summed E-state index contributed by atoms with van der Waals surface area (Å²) < 4.78 is 22.2. The summed E-state index contributed by atoms with van der Waals surface area (Å²) in [7, 11) is 1.35. The van der Waals surface area contributed by atoms with E-state index in [2.05, 4.69) is 9.72 Å². The van der Waals surface area contributed by atoms with Crippen LogP contribution in [0.25, 0.3) is 0 Å². The maximum atomic E-state index is 12.8. The monoisotopic (exact) mass is 173 g/mol. The van der Waals surface area contributed by atoms with Gasteiger partial charge in [0.05, 0.1) is 7.11 Å². The summed E-state index contributed by atoms with van der Waals surface area (Å²) in [5.41, 5.74) is -0.294. The van der Waals surface area contributed by atoms with Crippen molar-refractivity contribution in [3.63, 3.8) is 0 Å². The number of nitrogens with zero attached hydrogens (tertiary/aromatic N) is 1. The zero-order chi connectivity index (χ0) is 9.35. The van der Waals surface area contributed by atoms with E-state index in [1.165, 1.54) is 7.11 Å². The molecule has 0 atom stereocenters. The normalized spacial score (nSPS) is 11.8. The first kappa shape index (κ1) is 9.03. The van der Waals surface area contributed by atoms with Crippen molar-refractivity contribution in [2.24, 2.45) is 0 Å². The summed E-state index contributed by atoms with van der Waals surface area (Å²) in [5, 5.41) is 0. The highest BCUT2D eigenvalue weighted by Crippen LogP contribution is 2.26. The van der Waals surface area contributed by atoms with Crippen LogP contribution in [0, 0.1) is 6.01 Å². The standard InChI is InChI=1S/C8H12FNO2/c1-8(2,3)7-10-6(11-4)5(9)12-7/h1-4H3. The SMILES string of the molecule is COc1nc(C(C)(C)C)oc1F. The Labute approximate surface area is 70.5 Å². The highest BCUT2D eigenvalue weighted by Gasteiger charge is 2.24. The Kier molecular flexibility index (Phi) is 2.08. The fourth-order valence-corrected chi connectivity index (χ4v) is 0.734. The average molecular weight is 173 g/mol. The van der Waals surface area contributed by atoms with Crippen LogP contribution in [-0.4, -0.2) is 12.1 Å². The van der Waals surface area contributed by atoms with Crippen molar-refractivity contribution in [1.82, 2.24) is 4.98 Å². The number of methoxy groups -OCH3 is 1. The van der Waals surface area contributed by atoms with Gasteiger partial charge in [0, 0.05) is 5.41 Å². The Morgan fingerprint density at radius 2 is 2.00 bits per heavy atom. The second-order valence-corrected chi connectivity index (χ2v) is 3.55. The molecule has 1 aromatic rings. The summed E-state index contributed by atoms with van der Waals surface area (Å²) in [6.07, 6.45) is 0. The zero-order valence-corrected chi connectivity index (χ0v) is 7.64. The summed E-state index contributed by atoms with van der Waals surface area (Å²) in [6.45, 7) is 5.66. The number of halogens is 1. The van der Waals surface area contributed by atoms with Crippen molar-refractivity contribution in [3.05, 3.63) is 11.9 Å². The molecule has 0 N–H and O–H groups in total. The first-order valence-electron chi connectivity index (χ1n) is 3.66. The highest BCUT2D eigenvalue weighted by atomic mass is 19.1. The number of rotatable bonds is 1. The van der Waals surface area contributed by atoms with Crippen LogP contribution in [0.1, 0.15) is 26.7 Å². The molecule has 0 fully saturated rings. The molecule has 3 nitrogen and oxygen atoms in total. The van der Waals surface area contributed by atoms with Crippen LogP contribution >= 0.6 is 0 Å². The van der Waals surface area contributed by atoms with E-state index in [4.69, 9.17) is 4.42 Å². The number of aromatic nitrogens is 1. The molecule has 0 radical (unpaired) electrons. The minimum atomic E-state index is -0.762. The minimum Gasteiger partial charge on any atom is -0.477 e. The Morgan fingerprint density at radius 3 is 2.25 bits per heavy atom. The van der Waals surface area contributed by atoms with E-state index in [0.29, 0.717) is 5.89 Å². The Hall–Kier alpha value is -1.06. The molecule has 0 aliphatic rings. The fraction of sp³-hybridized carbons (Fsp3) is 0.625. The Balaban J connectivity index is 3.05. The zero-order valence-electron chi connectivity index (χ0n) is 7.64. The van der Waals surface area contributed by atoms with Gasteiger partial charge in [-0.25, -0.2) is 0 Å². The largest absolute Gasteiger partial charge is 0.477 e. The molecule has 0 aliphatic carbocycles. The van der Waals surface area contributed by atoms with Crippen LogP contribution in [-0.2, 0) is 5.41 Å². The van der Waals surface area contributed by atoms with E-state index in [1.807, 2.05) is 20.8 Å². The van der Waals surface area contributed by atoms with Crippen molar-refractivity contribution in [3.8, 4) is 5.88 Å². The van der Waals surface area contributed by atoms with Gasteiger partial charge in [0.2, 0.25) is 5.89 Å². The third-order valence-corrected chi connectivity index (χ3v) is 1.39. The first-order chi connectivity index (χ1) is 5.45. The van der Waals surface area contributed by atoms with Crippen LogP contribution < -0.4 is 4.74 Å². The van der Waals surface area contributed by atoms with Gasteiger partial charge in [0.25, 0.3) is 5.88 Å². The molecule has 1 rings (SSSR count). The predicted octanol–water partition coefficient (Wildman–Crippen LogP) is 2.12. The van der Waals surface area contributed by atoms with E-state index < -0.39 is 6.01 Å². The summed E-state index contributed by atoms with van der Waals surface area (Å²) in [4.78, 5) is 3.84. The molecule has 0 saturated carbocycles. The van der Waals surface area contributed by atoms with E-state index in [9.17, 15) is 4.39 Å². The molecular formula is C8H12FNO2. The quantitative estimate of drug-likeness (QED) is 0.652. The number of ether oxygens (including phenoxy) is 1. The summed E-state index contributed by atoms with van der Waals surface area (Å²) >= 11 is 0. The molecule has 12 heavy (non-hydrogen) atoms. The third-order valence-electron chi connectivity index (χ3n) is 1.39. The van der Waals surface area contributed by atoms with Gasteiger partial charge < -0.3 is 9.15 Å². The smallest absolute Gasteiger partial charge is 0.342 e. The topological polar surface area (TPSA) is 35.3 Å². The van der Waals surface area contributed by atoms with Gasteiger partial charge in [-0.15, -0.1) is 0 Å². The number of hydrogen-bond donors (Lipinski definition) is 0. The van der Waals surface area contributed by atoms with Crippen molar-refractivity contribution in [2.75, 3.05) is 7.11 Å². The molecular weight excluding hydrogens is 161 g/mol. The van der Waals surface area contributed by atoms with Gasteiger partial charge in [-0.1, -0.05) is 20.8 Å². The third kappa shape index (κ3) is 1.57. The molecule has 0 saturated heterocycles. The lowest BCUT2D eigenvalue weighted by Gasteiger charge is -2.11. The van der Waals surface area contributed by atoms with Crippen LogP contribution in [0.5, 0.6) is 5.88 Å². The number of oxazole rings is 1. The van der Waals surface area contributed by atoms with Crippen molar-refractivity contribution < 1.29 is 13.5 Å². The van der Waals surface area contributed by atoms with Gasteiger partial charge in [0.1, 0.15) is 0 Å². The molecule has 0 amide bonds. The maximum absolute atomic E-state index is 12.8. The lowest BCUT2D eigenvalue weighted by atomic mass is 9.97. The highest BCUT2D eigenvalue weighted by molar-refractivity contribution is 5.10. The van der Waals surface area contributed by atoms with Crippen LogP contribution in [0.15, 0.2) is 4.42 Å². The molecule has 0 bridgehead atoms. The minimum absolute atomic E-state index is 0.0834. The lowest BCUT2D eigenvalue weighted by Crippen LogP contribution is -2.11. The van der Waals surface area contributed by atoms with Crippen molar-refractivity contribution >= 4 is 0 Å². The van der Waals surface area contributed by atoms with E-state index >= 15 is 0 Å². The van der Waals surface area contributed by atoms with E-state index in [-0.39, 0.29) is 11.3 Å². The number of hydrogen-bond acceptors (Lipinski definition) is 3. The fourth-order valence-electron chi connectivity index (χ4n) is 0.734. The Morgan fingerprint density at radius 1 is 1.42 bits per heavy atom. The molecule has 0 aromatic carbocycles. The first-order valence-corrected chi connectivity index (χ1v) is 3.66.